The van der Waals surface area contributed by atoms with E-state index in [4.69, 9.17) is 0 Å². The number of rotatable bonds is 2. The van der Waals surface area contributed by atoms with E-state index in [1.807, 2.05) is 0 Å². The average Bonchev–Trinajstić information content (AvgIpc) is 2.09. The van der Waals surface area contributed by atoms with Crippen LogP contribution in [0.2, 0.25) is 0 Å². The molecule has 1 aromatic carbocycles. The molecule has 0 spiro atoms. The van der Waals surface area contributed by atoms with Gasteiger partial charge in [0, 0.05) is 11.8 Å². The summed E-state index contributed by atoms with van der Waals surface area (Å²) >= 11 is 0. The molecule has 0 aliphatic heterocycles. The molecule has 0 unspecified atom stereocenters. The average molecular weight is 182 g/mol. The number of anilines is 1. The highest BCUT2D eigenvalue weighted by atomic mass is 19.1. The quantitative estimate of drug-likeness (QED) is 0.761. The minimum Gasteiger partial charge on any atom is -0.450 e. The second-order valence-electron chi connectivity index (χ2n) is 2.27. The Kier molecular flexibility index (Phi) is 3.25. The van der Waals surface area contributed by atoms with Gasteiger partial charge in [-0.2, -0.15) is 0 Å². The predicted octanol–water partition coefficient (Wildman–Crippen LogP) is 2.19. The van der Waals surface area contributed by atoms with Gasteiger partial charge in [0.15, 0.2) is 0 Å². The Bertz CT molecular complexity index is 284. The number of ether oxygens (including phenoxy) is 1. The number of nitrogens with one attached hydrogen (secondary N) is 1. The molecule has 0 atom stereocenters. The van der Waals surface area contributed by atoms with E-state index in [-0.39, 0.29) is 0 Å². The zero-order valence-corrected chi connectivity index (χ0v) is 7.13. The van der Waals surface area contributed by atoms with Crippen LogP contribution in [0.4, 0.5) is 14.9 Å². The second-order valence-corrected chi connectivity index (χ2v) is 2.27. The first-order chi connectivity index (χ1) is 6.22. The van der Waals surface area contributed by atoms with E-state index in [0.717, 1.165) is 0 Å². The highest BCUT2D eigenvalue weighted by Crippen LogP contribution is 2.07. The molecule has 0 fully saturated rings. The van der Waals surface area contributed by atoms with Crippen LogP contribution in [0.25, 0.3) is 0 Å². The first-order valence-corrected chi connectivity index (χ1v) is 3.83. The van der Waals surface area contributed by atoms with Crippen LogP contribution >= 0.6 is 0 Å². The normalized spacial score (nSPS) is 9.38. The third-order valence-corrected chi connectivity index (χ3v) is 1.30. The molecule has 0 bridgehead atoms. The maximum Gasteiger partial charge on any atom is 0.411 e. The van der Waals surface area contributed by atoms with Gasteiger partial charge in [-0.05, 0) is 25.1 Å². The first-order valence-electron chi connectivity index (χ1n) is 3.83. The van der Waals surface area contributed by atoms with Gasteiger partial charge in [-0.25, -0.2) is 9.18 Å². The lowest BCUT2D eigenvalue weighted by Gasteiger charge is -2.03. The van der Waals surface area contributed by atoms with Gasteiger partial charge in [0.25, 0.3) is 0 Å². The first kappa shape index (κ1) is 9.51. The van der Waals surface area contributed by atoms with Crippen molar-refractivity contribution >= 4 is 11.8 Å². The zero-order chi connectivity index (χ0) is 9.68. The molecule has 0 saturated heterocycles. The van der Waals surface area contributed by atoms with Crippen molar-refractivity contribution in [3.63, 3.8) is 0 Å². The van der Waals surface area contributed by atoms with Crippen LogP contribution in [0.3, 0.4) is 0 Å². The number of amides is 1. The fourth-order valence-electron chi connectivity index (χ4n) is 0.769. The van der Waals surface area contributed by atoms with Gasteiger partial charge in [0.05, 0.1) is 6.61 Å². The van der Waals surface area contributed by atoms with Crippen LogP contribution < -0.4 is 5.32 Å². The van der Waals surface area contributed by atoms with Crippen LogP contribution in [0.15, 0.2) is 18.2 Å². The van der Waals surface area contributed by atoms with Crippen molar-refractivity contribution in [2.24, 2.45) is 0 Å². The Morgan fingerprint density at radius 3 is 3.00 bits per heavy atom. The van der Waals surface area contributed by atoms with Gasteiger partial charge in [-0.1, -0.05) is 0 Å². The molecule has 1 aromatic rings. The van der Waals surface area contributed by atoms with E-state index in [1.165, 1.54) is 18.2 Å². The summed E-state index contributed by atoms with van der Waals surface area (Å²) in [5, 5.41) is 2.41. The second kappa shape index (κ2) is 4.45. The Hall–Kier alpha value is -1.58. The number of carbonyl (C=O) groups excluding carboxylic acids is 1. The number of carbonyl (C=O) groups is 1. The van der Waals surface area contributed by atoms with Crippen molar-refractivity contribution in [2.45, 2.75) is 6.92 Å². The number of hydrogen-bond acceptors (Lipinski definition) is 2. The summed E-state index contributed by atoms with van der Waals surface area (Å²) in [7, 11) is 0. The fraction of sp³-hybridized carbons (Fsp3) is 0.222. The lowest BCUT2D eigenvalue weighted by molar-refractivity contribution is 0.168. The van der Waals surface area contributed by atoms with Crippen LogP contribution in [0.1, 0.15) is 6.92 Å². The van der Waals surface area contributed by atoms with E-state index in [2.05, 4.69) is 16.1 Å². The summed E-state index contributed by atoms with van der Waals surface area (Å²) in [6.07, 6.45) is -0.553. The third-order valence-electron chi connectivity index (χ3n) is 1.30. The Morgan fingerprint density at radius 2 is 2.46 bits per heavy atom. The standard InChI is InChI=1S/C9H9FNO2/c1-2-13-9(12)11-8-5-3-7(10)4-6-8/h3,5-6H,2H2,1H3,(H,11,12). The summed E-state index contributed by atoms with van der Waals surface area (Å²) in [6.45, 7) is 2.01. The highest BCUT2D eigenvalue weighted by Gasteiger charge is 2.00. The smallest absolute Gasteiger partial charge is 0.411 e. The van der Waals surface area contributed by atoms with Gasteiger partial charge >= 0.3 is 6.09 Å². The molecule has 0 heterocycles. The Morgan fingerprint density at radius 1 is 1.69 bits per heavy atom. The summed E-state index contributed by atoms with van der Waals surface area (Å²) in [5.74, 6) is -0.464. The molecule has 0 aromatic heterocycles. The van der Waals surface area contributed by atoms with Crippen LogP contribution in [0.5, 0.6) is 0 Å². The van der Waals surface area contributed by atoms with Gasteiger partial charge in [0.1, 0.15) is 5.82 Å². The molecule has 1 N–H and O–H groups in total. The van der Waals surface area contributed by atoms with Gasteiger partial charge in [0.2, 0.25) is 0 Å². The lowest BCUT2D eigenvalue weighted by Crippen LogP contribution is -2.13. The molecular weight excluding hydrogens is 173 g/mol. The van der Waals surface area contributed by atoms with Crippen LogP contribution in [-0.4, -0.2) is 12.7 Å². The number of halogens is 1. The van der Waals surface area contributed by atoms with Crippen molar-refractivity contribution < 1.29 is 13.9 Å². The van der Waals surface area contributed by atoms with Crippen molar-refractivity contribution in [3.8, 4) is 0 Å². The third kappa shape index (κ3) is 3.11. The molecule has 0 aliphatic rings. The van der Waals surface area contributed by atoms with E-state index in [0.29, 0.717) is 12.3 Å². The van der Waals surface area contributed by atoms with E-state index in [9.17, 15) is 9.18 Å². The highest BCUT2D eigenvalue weighted by molar-refractivity contribution is 5.84. The van der Waals surface area contributed by atoms with Crippen molar-refractivity contribution in [2.75, 3.05) is 11.9 Å². The fourth-order valence-corrected chi connectivity index (χ4v) is 0.769. The molecule has 13 heavy (non-hydrogen) atoms. The van der Waals surface area contributed by atoms with Gasteiger partial charge in [-0.3, -0.25) is 5.32 Å². The minimum atomic E-state index is -0.553. The predicted molar refractivity (Wildman–Crippen MR) is 45.9 cm³/mol. The Balaban J connectivity index is 2.54. The van der Waals surface area contributed by atoms with E-state index >= 15 is 0 Å². The summed E-state index contributed by atoms with van der Waals surface area (Å²) in [5.41, 5.74) is 0.458. The molecular formula is C9H9FNO2. The van der Waals surface area contributed by atoms with E-state index in [1.54, 1.807) is 6.92 Å². The molecule has 1 radical (unpaired) electrons. The largest absolute Gasteiger partial charge is 0.450 e. The summed E-state index contributed by atoms with van der Waals surface area (Å²) in [4.78, 5) is 10.9. The maximum atomic E-state index is 12.4. The molecule has 1 rings (SSSR count). The lowest BCUT2D eigenvalue weighted by atomic mass is 10.3. The van der Waals surface area contributed by atoms with Gasteiger partial charge < -0.3 is 4.74 Å². The molecule has 4 heteroatoms. The van der Waals surface area contributed by atoms with Crippen molar-refractivity contribution in [1.29, 1.82) is 0 Å². The van der Waals surface area contributed by atoms with Crippen LogP contribution in [0, 0.1) is 11.9 Å². The maximum absolute atomic E-state index is 12.4. The topological polar surface area (TPSA) is 38.3 Å². The SMILES string of the molecule is CCOC(=O)Nc1c[c]c(F)cc1. The summed E-state index contributed by atoms with van der Waals surface area (Å²) in [6, 6.07) is 6.29. The monoisotopic (exact) mass is 182 g/mol. The summed E-state index contributed by atoms with van der Waals surface area (Å²) < 4.78 is 17.0. The molecule has 0 saturated carbocycles. The van der Waals surface area contributed by atoms with Crippen molar-refractivity contribution in [1.82, 2.24) is 0 Å². The molecule has 3 nitrogen and oxygen atoms in total. The van der Waals surface area contributed by atoms with Crippen molar-refractivity contribution in [3.05, 3.63) is 30.1 Å². The number of benzene rings is 1. The molecule has 1 amide bonds. The van der Waals surface area contributed by atoms with Crippen LogP contribution in [-0.2, 0) is 4.74 Å². The van der Waals surface area contributed by atoms with Gasteiger partial charge in [-0.15, -0.1) is 0 Å². The zero-order valence-electron chi connectivity index (χ0n) is 7.13. The van der Waals surface area contributed by atoms with E-state index < -0.39 is 11.9 Å². The number of hydrogen-bond donors (Lipinski definition) is 1. The molecule has 69 valence electrons. The Labute approximate surface area is 75.5 Å². The minimum absolute atomic E-state index is 0.302. The molecule has 0 aliphatic carbocycles.